The molecule has 1 N–H and O–H groups in total. The second-order valence-electron chi connectivity index (χ2n) is 4.36. The molecule has 0 aromatic carbocycles. The second kappa shape index (κ2) is 6.33. The number of amides is 1. The third-order valence-electron chi connectivity index (χ3n) is 3.02. The summed E-state index contributed by atoms with van der Waals surface area (Å²) in [5.41, 5.74) is 0. The van der Waals surface area contributed by atoms with Crippen molar-refractivity contribution in [3.05, 3.63) is 0 Å². The van der Waals surface area contributed by atoms with E-state index in [1.807, 2.05) is 11.8 Å². The van der Waals surface area contributed by atoms with Gasteiger partial charge in [-0.05, 0) is 25.2 Å². The van der Waals surface area contributed by atoms with Crippen molar-refractivity contribution >= 4 is 17.5 Å². The van der Waals surface area contributed by atoms with E-state index in [4.69, 9.17) is 16.7 Å². The Labute approximate surface area is 96.4 Å². The summed E-state index contributed by atoms with van der Waals surface area (Å²) in [6.45, 7) is 3.73. The summed E-state index contributed by atoms with van der Waals surface area (Å²) < 4.78 is 0. The molecule has 3 nitrogen and oxygen atoms in total. The lowest BCUT2D eigenvalue weighted by atomic mass is 9.94. The molecule has 4 heteroatoms. The maximum absolute atomic E-state index is 11.9. The van der Waals surface area contributed by atoms with Crippen LogP contribution in [0.4, 0.5) is 0 Å². The van der Waals surface area contributed by atoms with E-state index in [9.17, 15) is 4.79 Å². The Morgan fingerprint density at radius 1 is 1.67 bits per heavy atom. The van der Waals surface area contributed by atoms with Gasteiger partial charge in [-0.3, -0.25) is 4.79 Å². The molecule has 2 unspecified atom stereocenters. The Bertz CT molecular complexity index is 209. The van der Waals surface area contributed by atoms with E-state index in [1.165, 1.54) is 0 Å². The van der Waals surface area contributed by atoms with Gasteiger partial charge in [-0.25, -0.2) is 0 Å². The van der Waals surface area contributed by atoms with E-state index in [0.717, 1.165) is 32.4 Å². The first-order valence-electron chi connectivity index (χ1n) is 5.64. The van der Waals surface area contributed by atoms with Crippen molar-refractivity contribution in [3.8, 4) is 0 Å². The lowest BCUT2D eigenvalue weighted by Crippen LogP contribution is -2.43. The number of alkyl halides is 1. The highest BCUT2D eigenvalue weighted by molar-refractivity contribution is 6.19. The third kappa shape index (κ3) is 3.65. The minimum absolute atomic E-state index is 0.0838. The molecule has 1 amide bonds. The number of carbonyl (C=O) groups excluding carboxylic acids is 1. The molecule has 0 aromatic heterocycles. The zero-order chi connectivity index (χ0) is 11.3. The zero-order valence-corrected chi connectivity index (χ0v) is 10.0. The van der Waals surface area contributed by atoms with Crippen LogP contribution in [0.1, 0.15) is 26.2 Å². The zero-order valence-electron chi connectivity index (χ0n) is 9.29. The number of nitrogens with zero attached hydrogens (tertiary/aromatic N) is 1. The van der Waals surface area contributed by atoms with Crippen LogP contribution in [0.5, 0.6) is 0 Å². The van der Waals surface area contributed by atoms with Crippen molar-refractivity contribution < 1.29 is 9.90 Å². The summed E-state index contributed by atoms with van der Waals surface area (Å²) in [5, 5.41) is 8.87. The smallest absolute Gasteiger partial charge is 0.226 e. The average Bonchev–Trinajstić information content (AvgIpc) is 2.28. The van der Waals surface area contributed by atoms with Gasteiger partial charge in [0.2, 0.25) is 5.91 Å². The largest absolute Gasteiger partial charge is 0.396 e. The van der Waals surface area contributed by atoms with Gasteiger partial charge in [0.15, 0.2) is 0 Å². The predicted octanol–water partition coefficient (Wildman–Crippen LogP) is 1.48. The van der Waals surface area contributed by atoms with Crippen molar-refractivity contribution in [2.24, 2.45) is 11.8 Å². The van der Waals surface area contributed by atoms with E-state index >= 15 is 0 Å². The van der Waals surface area contributed by atoms with Crippen molar-refractivity contribution in [3.63, 3.8) is 0 Å². The highest BCUT2D eigenvalue weighted by Crippen LogP contribution is 2.20. The first-order chi connectivity index (χ1) is 7.19. The average molecular weight is 234 g/mol. The fourth-order valence-electron chi connectivity index (χ4n) is 2.06. The van der Waals surface area contributed by atoms with Gasteiger partial charge in [-0.15, -0.1) is 11.6 Å². The molecule has 2 atom stereocenters. The summed E-state index contributed by atoms with van der Waals surface area (Å²) in [7, 11) is 0. The number of aliphatic hydroxyl groups is 1. The minimum Gasteiger partial charge on any atom is -0.396 e. The normalized spacial score (nSPS) is 23.9. The predicted molar refractivity (Wildman–Crippen MR) is 60.9 cm³/mol. The van der Waals surface area contributed by atoms with Gasteiger partial charge >= 0.3 is 0 Å². The van der Waals surface area contributed by atoms with Gasteiger partial charge in [0.1, 0.15) is 0 Å². The van der Waals surface area contributed by atoms with Crippen LogP contribution in [0.15, 0.2) is 0 Å². The lowest BCUT2D eigenvalue weighted by molar-refractivity contribution is -0.136. The molecule has 1 heterocycles. The number of hydrogen-bond acceptors (Lipinski definition) is 2. The molecule has 1 rings (SSSR count). The monoisotopic (exact) mass is 233 g/mol. The molecular formula is C11H20ClNO2. The number of aliphatic hydroxyl groups excluding tert-OH is 1. The SMILES string of the molecule is CC(CCl)C(=O)N1CCCC(CCO)C1. The Morgan fingerprint density at radius 3 is 3.00 bits per heavy atom. The third-order valence-corrected chi connectivity index (χ3v) is 3.48. The van der Waals surface area contributed by atoms with Gasteiger partial charge in [0.05, 0.1) is 0 Å². The van der Waals surface area contributed by atoms with Crippen molar-refractivity contribution in [2.75, 3.05) is 25.6 Å². The van der Waals surface area contributed by atoms with Crippen LogP contribution >= 0.6 is 11.6 Å². The summed E-state index contributed by atoms with van der Waals surface area (Å²) in [5.74, 6) is 0.933. The maximum Gasteiger partial charge on any atom is 0.226 e. The molecule has 1 saturated heterocycles. The Hall–Kier alpha value is -0.280. The Morgan fingerprint density at radius 2 is 2.40 bits per heavy atom. The molecule has 0 aliphatic carbocycles. The molecule has 1 aliphatic rings. The molecule has 0 bridgehead atoms. The molecule has 1 aliphatic heterocycles. The van der Waals surface area contributed by atoms with E-state index in [2.05, 4.69) is 0 Å². The van der Waals surface area contributed by atoms with Gasteiger partial charge < -0.3 is 10.0 Å². The van der Waals surface area contributed by atoms with E-state index in [0.29, 0.717) is 11.8 Å². The molecule has 0 aromatic rings. The molecule has 1 fully saturated rings. The number of rotatable bonds is 4. The quantitative estimate of drug-likeness (QED) is 0.748. The van der Waals surface area contributed by atoms with Crippen LogP contribution in [0.3, 0.4) is 0 Å². The number of hydrogen-bond donors (Lipinski definition) is 1. The van der Waals surface area contributed by atoms with Gasteiger partial charge in [-0.2, -0.15) is 0 Å². The van der Waals surface area contributed by atoms with Crippen LogP contribution in [0.2, 0.25) is 0 Å². The molecule has 0 spiro atoms. The van der Waals surface area contributed by atoms with Crippen molar-refractivity contribution in [2.45, 2.75) is 26.2 Å². The van der Waals surface area contributed by atoms with Crippen molar-refractivity contribution in [1.82, 2.24) is 4.90 Å². The van der Waals surface area contributed by atoms with Crippen LogP contribution in [0, 0.1) is 11.8 Å². The highest BCUT2D eigenvalue weighted by Gasteiger charge is 2.25. The fraction of sp³-hybridized carbons (Fsp3) is 0.909. The Balaban J connectivity index is 2.44. The van der Waals surface area contributed by atoms with Crippen LogP contribution < -0.4 is 0 Å². The van der Waals surface area contributed by atoms with Crippen LogP contribution in [-0.2, 0) is 4.79 Å². The first kappa shape index (κ1) is 12.8. The minimum atomic E-state index is -0.0838. The Kier molecular flexibility index (Phi) is 5.40. The van der Waals surface area contributed by atoms with E-state index < -0.39 is 0 Å². The summed E-state index contributed by atoms with van der Waals surface area (Å²) >= 11 is 5.68. The number of likely N-dealkylation sites (tertiary alicyclic amines) is 1. The molecule has 0 saturated carbocycles. The van der Waals surface area contributed by atoms with E-state index in [1.54, 1.807) is 0 Å². The van der Waals surface area contributed by atoms with Crippen molar-refractivity contribution in [1.29, 1.82) is 0 Å². The van der Waals surface area contributed by atoms with E-state index in [-0.39, 0.29) is 18.4 Å². The maximum atomic E-state index is 11.9. The first-order valence-corrected chi connectivity index (χ1v) is 6.18. The standard InChI is InChI=1S/C11H20ClNO2/c1-9(7-12)11(15)13-5-2-3-10(8-13)4-6-14/h9-10,14H,2-8H2,1H3. The summed E-state index contributed by atoms with van der Waals surface area (Å²) in [4.78, 5) is 13.8. The number of halogens is 1. The molecule has 88 valence electrons. The van der Waals surface area contributed by atoms with Gasteiger partial charge in [0.25, 0.3) is 0 Å². The number of piperidine rings is 1. The lowest BCUT2D eigenvalue weighted by Gasteiger charge is -2.33. The van der Waals surface area contributed by atoms with Crippen LogP contribution in [-0.4, -0.2) is 41.5 Å². The summed E-state index contributed by atoms with van der Waals surface area (Å²) in [6.07, 6.45) is 2.98. The fourth-order valence-corrected chi connectivity index (χ4v) is 2.19. The molecular weight excluding hydrogens is 214 g/mol. The van der Waals surface area contributed by atoms with Crippen LogP contribution in [0.25, 0.3) is 0 Å². The van der Waals surface area contributed by atoms with Gasteiger partial charge in [0, 0.05) is 31.5 Å². The second-order valence-corrected chi connectivity index (χ2v) is 4.67. The molecule has 0 radical (unpaired) electrons. The topological polar surface area (TPSA) is 40.5 Å². The molecule has 15 heavy (non-hydrogen) atoms. The van der Waals surface area contributed by atoms with Gasteiger partial charge in [-0.1, -0.05) is 6.92 Å². The summed E-state index contributed by atoms with van der Waals surface area (Å²) in [6, 6.07) is 0. The highest BCUT2D eigenvalue weighted by atomic mass is 35.5. The number of carbonyl (C=O) groups is 1.